The second kappa shape index (κ2) is 6.54. The van der Waals surface area contributed by atoms with Gasteiger partial charge in [0.25, 0.3) is 0 Å². The highest BCUT2D eigenvalue weighted by atomic mass is 16.5. The van der Waals surface area contributed by atoms with E-state index in [9.17, 15) is 9.59 Å². The van der Waals surface area contributed by atoms with Crippen LogP contribution in [0.5, 0.6) is 0 Å². The highest BCUT2D eigenvalue weighted by Gasteiger charge is 2.26. The molecule has 0 fully saturated rings. The Hall–Kier alpha value is -2.17. The zero-order valence-corrected chi connectivity index (χ0v) is 10.3. The summed E-state index contributed by atoms with van der Waals surface area (Å²) in [4.78, 5) is 26.6. The van der Waals surface area contributed by atoms with Gasteiger partial charge in [-0.25, -0.2) is 9.79 Å². The van der Waals surface area contributed by atoms with Crippen LogP contribution >= 0.6 is 0 Å². The molecule has 1 aromatic carbocycles. The summed E-state index contributed by atoms with van der Waals surface area (Å²) in [6.07, 6.45) is 0. The first-order valence-corrected chi connectivity index (χ1v) is 5.59. The van der Waals surface area contributed by atoms with Gasteiger partial charge in [-0.15, -0.1) is 0 Å². The van der Waals surface area contributed by atoms with Crippen LogP contribution in [0.3, 0.4) is 0 Å². The molecule has 1 aromatic rings. The topological polar surface area (TPSA) is 76.0 Å². The quantitative estimate of drug-likeness (QED) is 0.640. The van der Waals surface area contributed by atoms with E-state index >= 15 is 0 Å². The van der Waals surface area contributed by atoms with Gasteiger partial charge >= 0.3 is 11.9 Å². The number of ether oxygens (including phenoxy) is 1. The number of aliphatic imine (C=N–C) groups is 1. The van der Waals surface area contributed by atoms with Gasteiger partial charge in [-0.3, -0.25) is 4.79 Å². The van der Waals surface area contributed by atoms with E-state index in [1.807, 2.05) is 0 Å². The van der Waals surface area contributed by atoms with Crippen molar-refractivity contribution in [3.63, 3.8) is 0 Å². The fourth-order valence-corrected chi connectivity index (χ4v) is 1.35. The third kappa shape index (κ3) is 3.69. The molecule has 5 nitrogen and oxygen atoms in total. The number of nitrogens with zero attached hydrogens (tertiary/aromatic N) is 1. The molecule has 0 aliphatic heterocycles. The summed E-state index contributed by atoms with van der Waals surface area (Å²) in [5, 5.41) is 9.08. The maximum Gasteiger partial charge on any atom is 0.351 e. The van der Waals surface area contributed by atoms with E-state index in [0.29, 0.717) is 5.69 Å². The van der Waals surface area contributed by atoms with Gasteiger partial charge in [0.15, 0.2) is 0 Å². The van der Waals surface area contributed by atoms with Crippen LogP contribution in [0.2, 0.25) is 0 Å². The van der Waals surface area contributed by atoms with Gasteiger partial charge in [-0.05, 0) is 26.0 Å². The van der Waals surface area contributed by atoms with Crippen LogP contribution in [-0.4, -0.2) is 29.4 Å². The van der Waals surface area contributed by atoms with Crippen LogP contribution < -0.4 is 0 Å². The van der Waals surface area contributed by atoms with Gasteiger partial charge in [0, 0.05) is 0 Å². The second-order valence-electron chi connectivity index (χ2n) is 3.61. The van der Waals surface area contributed by atoms with Crippen molar-refractivity contribution in [2.24, 2.45) is 10.9 Å². The third-order valence-corrected chi connectivity index (χ3v) is 2.28. The van der Waals surface area contributed by atoms with Crippen LogP contribution in [-0.2, 0) is 14.3 Å². The van der Waals surface area contributed by atoms with E-state index in [4.69, 9.17) is 9.84 Å². The summed E-state index contributed by atoms with van der Waals surface area (Å²) in [7, 11) is 0. The van der Waals surface area contributed by atoms with Crippen molar-refractivity contribution < 1.29 is 19.4 Å². The monoisotopic (exact) mass is 249 g/mol. The maximum atomic E-state index is 11.5. The zero-order chi connectivity index (χ0) is 13.5. The Morgan fingerprint density at radius 3 is 2.44 bits per heavy atom. The number of benzene rings is 1. The number of aliphatic carboxylic acids is 1. The van der Waals surface area contributed by atoms with E-state index in [1.54, 1.807) is 37.3 Å². The Kier molecular flexibility index (Phi) is 5.05. The summed E-state index contributed by atoms with van der Waals surface area (Å²) in [6.45, 7) is 3.34. The van der Waals surface area contributed by atoms with Gasteiger partial charge in [-0.1, -0.05) is 18.2 Å². The molecule has 0 spiro atoms. The summed E-state index contributed by atoms with van der Waals surface area (Å²) in [5.41, 5.74) is 0.269. The number of carboxylic acid groups (broad SMARTS) is 1. The van der Waals surface area contributed by atoms with Crippen molar-refractivity contribution in [2.45, 2.75) is 13.8 Å². The van der Waals surface area contributed by atoms with Gasteiger partial charge in [0.1, 0.15) is 11.6 Å². The van der Waals surface area contributed by atoms with Crippen molar-refractivity contribution in [1.82, 2.24) is 0 Å². The smallest absolute Gasteiger partial charge is 0.351 e. The highest BCUT2D eigenvalue weighted by molar-refractivity contribution is 6.40. The molecular weight excluding hydrogens is 234 g/mol. The summed E-state index contributed by atoms with van der Waals surface area (Å²) >= 11 is 0. The van der Waals surface area contributed by atoms with Gasteiger partial charge in [0.05, 0.1) is 12.3 Å². The first-order valence-electron chi connectivity index (χ1n) is 5.59. The standard InChI is InChI=1S/C13H15NO4/c1-3-18-13(17)9(2)11(12(15)16)14-10-7-5-4-6-8-10/h4-9H,3H2,1-2H3,(H,15,16). The number of carbonyl (C=O) groups is 2. The fourth-order valence-electron chi connectivity index (χ4n) is 1.35. The third-order valence-electron chi connectivity index (χ3n) is 2.28. The van der Waals surface area contributed by atoms with Gasteiger partial charge in [-0.2, -0.15) is 0 Å². The average Bonchev–Trinajstić information content (AvgIpc) is 2.36. The molecule has 0 saturated carbocycles. The SMILES string of the molecule is CCOC(=O)C(C)C(=Nc1ccccc1)C(=O)O. The molecule has 1 atom stereocenters. The molecule has 18 heavy (non-hydrogen) atoms. The molecule has 1 N–H and O–H groups in total. The minimum absolute atomic E-state index is 0.210. The zero-order valence-electron chi connectivity index (χ0n) is 10.3. The van der Waals surface area contributed by atoms with Crippen molar-refractivity contribution in [3.8, 4) is 0 Å². The maximum absolute atomic E-state index is 11.5. The lowest BCUT2D eigenvalue weighted by Crippen LogP contribution is -2.29. The molecule has 0 heterocycles. The van der Waals surface area contributed by atoms with Crippen LogP contribution in [0.15, 0.2) is 35.3 Å². The Balaban J connectivity index is 3.00. The fraction of sp³-hybridized carbons (Fsp3) is 0.308. The number of hydrogen-bond acceptors (Lipinski definition) is 4. The lowest BCUT2D eigenvalue weighted by atomic mass is 10.1. The molecule has 0 bridgehead atoms. The second-order valence-corrected chi connectivity index (χ2v) is 3.61. The number of para-hydroxylation sites is 1. The van der Waals surface area contributed by atoms with Crippen molar-refractivity contribution in [1.29, 1.82) is 0 Å². The van der Waals surface area contributed by atoms with Crippen LogP contribution in [0.1, 0.15) is 13.8 Å². The predicted octanol–water partition coefficient (Wildman–Crippen LogP) is 2.04. The van der Waals surface area contributed by atoms with E-state index in [0.717, 1.165) is 0 Å². The first kappa shape index (κ1) is 13.9. The largest absolute Gasteiger partial charge is 0.477 e. The summed E-state index contributed by atoms with van der Waals surface area (Å²) in [5.74, 6) is -2.71. The van der Waals surface area contributed by atoms with Crippen molar-refractivity contribution in [3.05, 3.63) is 30.3 Å². The minimum Gasteiger partial charge on any atom is -0.477 e. The number of carboxylic acids is 1. The lowest BCUT2D eigenvalue weighted by molar-refractivity contribution is -0.146. The lowest BCUT2D eigenvalue weighted by Gasteiger charge is -2.10. The van der Waals surface area contributed by atoms with Crippen molar-refractivity contribution in [2.75, 3.05) is 6.61 Å². The van der Waals surface area contributed by atoms with Crippen LogP contribution in [0.25, 0.3) is 0 Å². The van der Waals surface area contributed by atoms with E-state index in [-0.39, 0.29) is 12.3 Å². The molecule has 0 aliphatic rings. The summed E-state index contributed by atoms with van der Waals surface area (Å²) < 4.78 is 4.79. The molecular formula is C13H15NO4. The van der Waals surface area contributed by atoms with Crippen molar-refractivity contribution >= 4 is 23.3 Å². The Bertz CT molecular complexity index is 453. The van der Waals surface area contributed by atoms with E-state index in [1.165, 1.54) is 6.92 Å². The Morgan fingerprint density at radius 2 is 1.94 bits per heavy atom. The molecule has 5 heteroatoms. The van der Waals surface area contributed by atoms with Gasteiger partial charge in [0.2, 0.25) is 0 Å². The molecule has 0 aliphatic carbocycles. The molecule has 1 unspecified atom stereocenters. The number of rotatable bonds is 5. The Labute approximate surface area is 105 Å². The first-order chi connectivity index (χ1) is 8.56. The molecule has 0 saturated heterocycles. The predicted molar refractivity (Wildman–Crippen MR) is 67.0 cm³/mol. The number of hydrogen-bond donors (Lipinski definition) is 1. The van der Waals surface area contributed by atoms with Crippen LogP contribution in [0, 0.1) is 5.92 Å². The Morgan fingerprint density at radius 1 is 1.33 bits per heavy atom. The van der Waals surface area contributed by atoms with E-state index < -0.39 is 17.9 Å². The number of esters is 1. The highest BCUT2D eigenvalue weighted by Crippen LogP contribution is 2.14. The molecule has 1 rings (SSSR count). The molecule has 0 radical (unpaired) electrons. The molecule has 0 aromatic heterocycles. The minimum atomic E-state index is -1.22. The normalized spacial score (nSPS) is 12.9. The average molecular weight is 249 g/mol. The summed E-state index contributed by atoms with van der Waals surface area (Å²) in [6, 6.07) is 8.62. The van der Waals surface area contributed by atoms with Gasteiger partial charge < -0.3 is 9.84 Å². The number of carbonyl (C=O) groups excluding carboxylic acids is 1. The molecule has 0 amide bonds. The molecule has 96 valence electrons. The van der Waals surface area contributed by atoms with E-state index in [2.05, 4.69) is 4.99 Å². The van der Waals surface area contributed by atoms with Crippen LogP contribution in [0.4, 0.5) is 5.69 Å².